The number of carbonyl (C=O) groups is 1. The van der Waals surface area contributed by atoms with Crippen LogP contribution in [0.4, 0.5) is 4.79 Å². The van der Waals surface area contributed by atoms with Crippen molar-refractivity contribution >= 4 is 36.0 Å². The number of hydrogen-bond acceptors (Lipinski definition) is 4. The molecule has 0 aliphatic heterocycles. The monoisotopic (exact) mass is 452 g/mol. The molecule has 138 valence electrons. The summed E-state index contributed by atoms with van der Waals surface area (Å²) in [5.41, 5.74) is 0.550. The van der Waals surface area contributed by atoms with Crippen LogP contribution in [0.1, 0.15) is 33.3 Å². The molecule has 0 saturated heterocycles. The molecule has 1 aromatic rings. The summed E-state index contributed by atoms with van der Waals surface area (Å²) in [6.07, 6.45) is 3.30. The van der Waals surface area contributed by atoms with Crippen LogP contribution in [0.3, 0.4) is 0 Å². The van der Waals surface area contributed by atoms with E-state index in [1.165, 1.54) is 0 Å². The highest BCUT2D eigenvalue weighted by atomic mass is 127. The van der Waals surface area contributed by atoms with Crippen LogP contribution in [0.15, 0.2) is 17.4 Å². The zero-order valence-corrected chi connectivity index (χ0v) is 17.4. The maximum atomic E-state index is 11.5. The Hall–Kier alpha value is -1.52. The number of nitrogens with zero attached hydrogens (tertiary/aromatic N) is 3. The van der Waals surface area contributed by atoms with E-state index in [1.54, 1.807) is 10.9 Å². The number of ether oxygens (including phenoxy) is 1. The average molecular weight is 452 g/mol. The summed E-state index contributed by atoms with van der Waals surface area (Å²) in [4.78, 5) is 16.0. The first kappa shape index (κ1) is 22.5. The molecule has 1 aromatic heterocycles. The largest absolute Gasteiger partial charge is 0.444 e. The van der Waals surface area contributed by atoms with Crippen LogP contribution in [0.2, 0.25) is 0 Å². The van der Waals surface area contributed by atoms with E-state index >= 15 is 0 Å². The van der Waals surface area contributed by atoms with Crippen molar-refractivity contribution < 1.29 is 9.53 Å². The predicted octanol–water partition coefficient (Wildman–Crippen LogP) is 1.62. The van der Waals surface area contributed by atoms with Crippen molar-refractivity contribution in [3.63, 3.8) is 0 Å². The smallest absolute Gasteiger partial charge is 0.407 e. The van der Waals surface area contributed by atoms with E-state index in [-0.39, 0.29) is 24.0 Å². The van der Waals surface area contributed by atoms with Crippen LogP contribution in [-0.4, -0.2) is 47.1 Å². The minimum Gasteiger partial charge on any atom is -0.444 e. The molecule has 0 aliphatic rings. The molecule has 0 unspecified atom stereocenters. The molecule has 0 radical (unpaired) electrons. The molecular formula is C15H29IN6O2. The highest BCUT2D eigenvalue weighted by molar-refractivity contribution is 14.0. The number of amides is 1. The second-order valence-corrected chi connectivity index (χ2v) is 6.07. The number of rotatable bonds is 6. The lowest BCUT2D eigenvalue weighted by atomic mass is 10.2. The summed E-state index contributed by atoms with van der Waals surface area (Å²) in [6, 6.07) is 0. The Bertz CT molecular complexity index is 524. The van der Waals surface area contributed by atoms with Gasteiger partial charge < -0.3 is 20.7 Å². The second kappa shape index (κ2) is 11.1. The summed E-state index contributed by atoms with van der Waals surface area (Å²) >= 11 is 0. The maximum absolute atomic E-state index is 11.5. The van der Waals surface area contributed by atoms with Crippen LogP contribution in [0.25, 0.3) is 0 Å². The second-order valence-electron chi connectivity index (χ2n) is 6.07. The van der Waals surface area contributed by atoms with E-state index in [4.69, 9.17) is 4.74 Å². The third-order valence-corrected chi connectivity index (χ3v) is 2.61. The first-order chi connectivity index (χ1) is 10.8. The van der Waals surface area contributed by atoms with Crippen molar-refractivity contribution in [2.24, 2.45) is 12.0 Å². The highest BCUT2D eigenvalue weighted by Crippen LogP contribution is 2.05. The molecular weight excluding hydrogens is 423 g/mol. The van der Waals surface area contributed by atoms with Gasteiger partial charge in [-0.1, -0.05) is 0 Å². The zero-order chi connectivity index (χ0) is 17.3. The Morgan fingerprint density at radius 2 is 1.96 bits per heavy atom. The third-order valence-electron chi connectivity index (χ3n) is 2.61. The number of nitrogens with one attached hydrogen (secondary N) is 3. The summed E-state index contributed by atoms with van der Waals surface area (Å²) in [6.45, 7) is 9.81. The van der Waals surface area contributed by atoms with E-state index in [0.717, 1.165) is 12.1 Å². The molecule has 1 rings (SSSR count). The number of halogens is 1. The molecule has 8 nitrogen and oxygen atoms in total. The van der Waals surface area contributed by atoms with Gasteiger partial charge in [-0.2, -0.15) is 5.10 Å². The topological polar surface area (TPSA) is 92.6 Å². The van der Waals surface area contributed by atoms with Gasteiger partial charge in [0.25, 0.3) is 0 Å². The minimum absolute atomic E-state index is 0. The number of aromatic nitrogens is 2. The van der Waals surface area contributed by atoms with Crippen molar-refractivity contribution in [1.82, 2.24) is 25.7 Å². The summed E-state index contributed by atoms with van der Waals surface area (Å²) < 4.78 is 6.91. The normalized spacial score (nSPS) is 11.5. The van der Waals surface area contributed by atoms with Gasteiger partial charge in [0, 0.05) is 38.4 Å². The van der Waals surface area contributed by atoms with Gasteiger partial charge in [-0.05, 0) is 27.7 Å². The van der Waals surface area contributed by atoms with Gasteiger partial charge in [-0.3, -0.25) is 4.68 Å². The molecule has 1 heterocycles. The molecule has 24 heavy (non-hydrogen) atoms. The van der Waals surface area contributed by atoms with Crippen LogP contribution < -0.4 is 16.0 Å². The molecule has 1 amide bonds. The zero-order valence-electron chi connectivity index (χ0n) is 15.0. The maximum Gasteiger partial charge on any atom is 0.407 e. The minimum atomic E-state index is -0.488. The SMILES string of the molecule is CCNC(=NCc1cnn(C)c1)NCCNC(=O)OC(C)(C)C.I. The van der Waals surface area contributed by atoms with E-state index in [0.29, 0.717) is 25.6 Å². The fourth-order valence-electron chi connectivity index (χ4n) is 1.73. The van der Waals surface area contributed by atoms with Gasteiger partial charge >= 0.3 is 6.09 Å². The molecule has 0 bridgehead atoms. The van der Waals surface area contributed by atoms with Crippen LogP contribution in [0, 0.1) is 0 Å². The van der Waals surface area contributed by atoms with Gasteiger partial charge in [0.2, 0.25) is 0 Å². The van der Waals surface area contributed by atoms with E-state index in [1.807, 2.05) is 40.9 Å². The Kier molecular flexibility index (Phi) is 10.4. The van der Waals surface area contributed by atoms with Crippen LogP contribution in [-0.2, 0) is 18.3 Å². The number of carbonyl (C=O) groups excluding carboxylic acids is 1. The molecule has 0 aromatic carbocycles. The van der Waals surface area contributed by atoms with E-state index in [2.05, 4.69) is 26.0 Å². The third kappa shape index (κ3) is 10.3. The van der Waals surface area contributed by atoms with Gasteiger partial charge in [0.05, 0.1) is 12.7 Å². The Morgan fingerprint density at radius 1 is 1.29 bits per heavy atom. The first-order valence-electron chi connectivity index (χ1n) is 7.76. The van der Waals surface area contributed by atoms with Crippen molar-refractivity contribution in [1.29, 1.82) is 0 Å². The Balaban J connectivity index is 0.00000529. The lowest BCUT2D eigenvalue weighted by Crippen LogP contribution is -2.42. The number of hydrogen-bond donors (Lipinski definition) is 3. The average Bonchev–Trinajstić information content (AvgIpc) is 2.84. The van der Waals surface area contributed by atoms with Crippen molar-refractivity contribution in [3.05, 3.63) is 18.0 Å². The molecule has 3 N–H and O–H groups in total. The molecule has 0 atom stereocenters. The van der Waals surface area contributed by atoms with E-state index in [9.17, 15) is 4.79 Å². The fourth-order valence-corrected chi connectivity index (χ4v) is 1.73. The van der Waals surface area contributed by atoms with Crippen molar-refractivity contribution in [2.45, 2.75) is 39.8 Å². The van der Waals surface area contributed by atoms with Gasteiger partial charge in [0.15, 0.2) is 5.96 Å². The highest BCUT2D eigenvalue weighted by Gasteiger charge is 2.15. The van der Waals surface area contributed by atoms with E-state index < -0.39 is 11.7 Å². The van der Waals surface area contributed by atoms with Crippen LogP contribution >= 0.6 is 24.0 Å². The van der Waals surface area contributed by atoms with Gasteiger partial charge in [-0.15, -0.1) is 24.0 Å². The molecule has 0 fully saturated rings. The molecule has 0 spiro atoms. The fraction of sp³-hybridized carbons (Fsp3) is 0.667. The quantitative estimate of drug-likeness (QED) is 0.264. The first-order valence-corrected chi connectivity index (χ1v) is 7.76. The molecule has 9 heteroatoms. The Labute approximate surface area is 160 Å². The lowest BCUT2D eigenvalue weighted by molar-refractivity contribution is 0.0529. The Morgan fingerprint density at radius 3 is 2.50 bits per heavy atom. The number of alkyl carbamates (subject to hydrolysis) is 1. The van der Waals surface area contributed by atoms with Crippen molar-refractivity contribution in [3.8, 4) is 0 Å². The summed E-state index contributed by atoms with van der Waals surface area (Å²) in [5, 5.41) is 13.1. The predicted molar refractivity (Wildman–Crippen MR) is 106 cm³/mol. The molecule has 0 aliphatic carbocycles. The standard InChI is InChI=1S/C15H28N6O2.HI/c1-6-16-13(19-9-12-10-20-21(5)11-12)17-7-8-18-14(22)23-15(2,3)4;/h10-11H,6-9H2,1-5H3,(H,18,22)(H2,16,17,19);1H. The van der Waals surface area contributed by atoms with Gasteiger partial charge in [-0.25, -0.2) is 9.79 Å². The van der Waals surface area contributed by atoms with Gasteiger partial charge in [0.1, 0.15) is 5.60 Å². The van der Waals surface area contributed by atoms with Crippen molar-refractivity contribution in [2.75, 3.05) is 19.6 Å². The number of guanidine groups is 1. The lowest BCUT2D eigenvalue weighted by Gasteiger charge is -2.19. The molecule has 0 saturated carbocycles. The summed E-state index contributed by atoms with van der Waals surface area (Å²) in [7, 11) is 1.87. The number of aryl methyl sites for hydroxylation is 1. The number of aliphatic imine (C=N–C) groups is 1. The van der Waals surface area contributed by atoms with Crippen LogP contribution in [0.5, 0.6) is 0 Å². The summed E-state index contributed by atoms with van der Waals surface area (Å²) in [5.74, 6) is 0.697.